The van der Waals surface area contributed by atoms with Crippen LogP contribution in [0.25, 0.3) is 0 Å². The van der Waals surface area contributed by atoms with Gasteiger partial charge in [0.25, 0.3) is 0 Å². The van der Waals surface area contributed by atoms with E-state index in [-0.39, 0.29) is 30.7 Å². The zero-order valence-electron chi connectivity index (χ0n) is 14.5. The van der Waals surface area contributed by atoms with Crippen LogP contribution in [-0.2, 0) is 14.4 Å². The standard InChI is InChI=1S/C19H17BrClN3O3/c1-11(25)22-14-3-5-15(6-4-14)24-10-12(8-18(24)26)19(27)23-17-7-2-13(20)9-16(17)21/h2-7,9,12H,8,10H2,1H3,(H,22,25)(H,23,27). The third kappa shape index (κ3) is 4.67. The predicted octanol–water partition coefficient (Wildman–Crippen LogP) is 4.05. The Morgan fingerprint density at radius 1 is 1.15 bits per heavy atom. The lowest BCUT2D eigenvalue weighted by atomic mass is 10.1. The Morgan fingerprint density at radius 2 is 1.85 bits per heavy atom. The first-order chi connectivity index (χ1) is 12.8. The van der Waals surface area contributed by atoms with Gasteiger partial charge in [-0.05, 0) is 42.5 Å². The summed E-state index contributed by atoms with van der Waals surface area (Å²) in [4.78, 5) is 37.6. The molecule has 0 saturated carbocycles. The minimum Gasteiger partial charge on any atom is -0.326 e. The molecule has 1 heterocycles. The summed E-state index contributed by atoms with van der Waals surface area (Å²) in [7, 11) is 0. The summed E-state index contributed by atoms with van der Waals surface area (Å²) in [5, 5.41) is 5.88. The molecule has 2 aromatic carbocycles. The Hall–Kier alpha value is -2.38. The molecule has 6 nitrogen and oxygen atoms in total. The number of rotatable bonds is 4. The minimum atomic E-state index is -0.466. The van der Waals surface area contributed by atoms with Crippen molar-refractivity contribution in [3.05, 3.63) is 52.0 Å². The smallest absolute Gasteiger partial charge is 0.229 e. The largest absolute Gasteiger partial charge is 0.326 e. The van der Waals surface area contributed by atoms with E-state index < -0.39 is 5.92 Å². The number of hydrogen-bond acceptors (Lipinski definition) is 3. The van der Waals surface area contributed by atoms with Crippen LogP contribution in [0.15, 0.2) is 46.9 Å². The molecule has 2 aromatic rings. The van der Waals surface area contributed by atoms with E-state index >= 15 is 0 Å². The SMILES string of the molecule is CC(=O)Nc1ccc(N2CC(C(=O)Nc3ccc(Br)cc3Cl)CC2=O)cc1. The van der Waals surface area contributed by atoms with Gasteiger partial charge < -0.3 is 15.5 Å². The van der Waals surface area contributed by atoms with Crippen LogP contribution in [0.5, 0.6) is 0 Å². The normalized spacial score (nSPS) is 16.3. The highest BCUT2D eigenvalue weighted by atomic mass is 79.9. The van der Waals surface area contributed by atoms with Crippen LogP contribution >= 0.6 is 27.5 Å². The van der Waals surface area contributed by atoms with E-state index in [1.807, 2.05) is 0 Å². The average molecular weight is 451 g/mol. The van der Waals surface area contributed by atoms with Crippen molar-refractivity contribution < 1.29 is 14.4 Å². The van der Waals surface area contributed by atoms with Crippen molar-refractivity contribution in [2.24, 2.45) is 5.92 Å². The summed E-state index contributed by atoms with van der Waals surface area (Å²) >= 11 is 9.45. The van der Waals surface area contributed by atoms with E-state index in [0.29, 0.717) is 22.1 Å². The van der Waals surface area contributed by atoms with Crippen LogP contribution in [0.4, 0.5) is 17.1 Å². The highest BCUT2D eigenvalue weighted by Crippen LogP contribution is 2.29. The maximum atomic E-state index is 12.5. The van der Waals surface area contributed by atoms with Crippen LogP contribution < -0.4 is 15.5 Å². The Kier molecular flexibility index (Phi) is 5.82. The van der Waals surface area contributed by atoms with Crippen molar-refractivity contribution in [2.75, 3.05) is 22.1 Å². The lowest BCUT2D eigenvalue weighted by Gasteiger charge is -2.17. The maximum Gasteiger partial charge on any atom is 0.229 e. The number of nitrogens with one attached hydrogen (secondary N) is 2. The molecule has 0 bridgehead atoms. The molecule has 1 aliphatic heterocycles. The molecule has 8 heteroatoms. The molecule has 0 aliphatic carbocycles. The van der Waals surface area contributed by atoms with E-state index in [9.17, 15) is 14.4 Å². The number of nitrogens with zero attached hydrogens (tertiary/aromatic N) is 1. The lowest BCUT2D eigenvalue weighted by molar-refractivity contribution is -0.122. The van der Waals surface area contributed by atoms with Gasteiger partial charge in [0.1, 0.15) is 0 Å². The molecule has 1 aliphatic rings. The van der Waals surface area contributed by atoms with E-state index in [0.717, 1.165) is 4.47 Å². The fraction of sp³-hybridized carbons (Fsp3) is 0.211. The monoisotopic (exact) mass is 449 g/mol. The van der Waals surface area contributed by atoms with Gasteiger partial charge in [-0.1, -0.05) is 27.5 Å². The van der Waals surface area contributed by atoms with Gasteiger partial charge in [0, 0.05) is 35.7 Å². The molecule has 3 amide bonds. The van der Waals surface area contributed by atoms with Crippen molar-refractivity contribution in [3.8, 4) is 0 Å². The second kappa shape index (κ2) is 8.10. The maximum absolute atomic E-state index is 12.5. The Balaban J connectivity index is 1.67. The molecule has 1 unspecified atom stereocenters. The van der Waals surface area contributed by atoms with Crippen molar-refractivity contribution in [2.45, 2.75) is 13.3 Å². The number of anilines is 3. The molecule has 1 fully saturated rings. The summed E-state index contributed by atoms with van der Waals surface area (Å²) in [6.45, 7) is 1.72. The first kappa shape index (κ1) is 19.4. The second-order valence-corrected chi connectivity index (χ2v) is 7.57. The number of carbonyl (C=O) groups is 3. The first-order valence-electron chi connectivity index (χ1n) is 8.27. The fourth-order valence-corrected chi connectivity index (χ4v) is 3.61. The molecular formula is C19H17BrClN3O3. The third-order valence-corrected chi connectivity index (χ3v) is 4.99. The van der Waals surface area contributed by atoms with Crippen LogP contribution in [0.1, 0.15) is 13.3 Å². The highest BCUT2D eigenvalue weighted by Gasteiger charge is 2.35. The van der Waals surface area contributed by atoms with Crippen molar-refractivity contribution in [3.63, 3.8) is 0 Å². The first-order valence-corrected chi connectivity index (χ1v) is 9.44. The van der Waals surface area contributed by atoms with Gasteiger partial charge in [0.05, 0.1) is 16.6 Å². The summed E-state index contributed by atoms with van der Waals surface area (Å²) in [5.41, 5.74) is 1.85. The zero-order chi connectivity index (χ0) is 19.6. The second-order valence-electron chi connectivity index (χ2n) is 6.25. The van der Waals surface area contributed by atoms with Crippen LogP contribution in [0.3, 0.4) is 0 Å². The molecule has 0 radical (unpaired) electrons. The predicted molar refractivity (Wildman–Crippen MR) is 109 cm³/mol. The van der Waals surface area contributed by atoms with E-state index in [1.165, 1.54) is 6.92 Å². The highest BCUT2D eigenvalue weighted by molar-refractivity contribution is 9.10. The molecule has 1 atom stereocenters. The number of benzene rings is 2. The molecule has 0 aromatic heterocycles. The lowest BCUT2D eigenvalue weighted by Crippen LogP contribution is -2.28. The summed E-state index contributed by atoms with van der Waals surface area (Å²) in [5.74, 6) is -0.996. The Bertz CT molecular complexity index is 902. The van der Waals surface area contributed by atoms with Gasteiger partial charge in [-0.2, -0.15) is 0 Å². The van der Waals surface area contributed by atoms with E-state index in [1.54, 1.807) is 47.4 Å². The molecule has 1 saturated heterocycles. The topological polar surface area (TPSA) is 78.5 Å². The zero-order valence-corrected chi connectivity index (χ0v) is 16.8. The van der Waals surface area contributed by atoms with Gasteiger partial charge in [-0.25, -0.2) is 0 Å². The molecule has 2 N–H and O–H groups in total. The number of amides is 3. The molecule has 3 rings (SSSR count). The van der Waals surface area contributed by atoms with Crippen molar-refractivity contribution >= 4 is 62.3 Å². The Morgan fingerprint density at radius 3 is 2.48 bits per heavy atom. The molecule has 140 valence electrons. The van der Waals surface area contributed by atoms with Crippen molar-refractivity contribution in [1.29, 1.82) is 0 Å². The Labute approximate surface area is 170 Å². The fourth-order valence-electron chi connectivity index (χ4n) is 2.89. The van der Waals surface area contributed by atoms with Gasteiger partial charge in [0.2, 0.25) is 17.7 Å². The van der Waals surface area contributed by atoms with E-state index in [4.69, 9.17) is 11.6 Å². The molecule has 27 heavy (non-hydrogen) atoms. The summed E-state index contributed by atoms with van der Waals surface area (Å²) in [6.07, 6.45) is 0.132. The number of hydrogen-bond donors (Lipinski definition) is 2. The quantitative estimate of drug-likeness (QED) is 0.737. The molecular weight excluding hydrogens is 434 g/mol. The average Bonchev–Trinajstić information content (AvgIpc) is 2.99. The van der Waals surface area contributed by atoms with Gasteiger partial charge in [-0.3, -0.25) is 14.4 Å². The number of carbonyl (C=O) groups excluding carboxylic acids is 3. The van der Waals surface area contributed by atoms with E-state index in [2.05, 4.69) is 26.6 Å². The van der Waals surface area contributed by atoms with Gasteiger partial charge in [-0.15, -0.1) is 0 Å². The van der Waals surface area contributed by atoms with Crippen LogP contribution in [0, 0.1) is 5.92 Å². The van der Waals surface area contributed by atoms with Gasteiger partial charge >= 0.3 is 0 Å². The van der Waals surface area contributed by atoms with Crippen molar-refractivity contribution in [1.82, 2.24) is 0 Å². The minimum absolute atomic E-state index is 0.121. The third-order valence-electron chi connectivity index (χ3n) is 4.18. The number of halogens is 2. The molecule has 0 spiro atoms. The summed E-state index contributed by atoms with van der Waals surface area (Å²) in [6, 6.07) is 12.1. The van der Waals surface area contributed by atoms with Crippen LogP contribution in [0.2, 0.25) is 5.02 Å². The van der Waals surface area contributed by atoms with Gasteiger partial charge in [0.15, 0.2) is 0 Å². The van der Waals surface area contributed by atoms with Crippen LogP contribution in [-0.4, -0.2) is 24.3 Å². The summed E-state index contributed by atoms with van der Waals surface area (Å²) < 4.78 is 0.815.